The van der Waals surface area contributed by atoms with Crippen molar-refractivity contribution in [1.29, 1.82) is 0 Å². The number of aromatic nitrogens is 1. The topological polar surface area (TPSA) is 102 Å². The Labute approximate surface area is 191 Å². The molecular formula is C23H24FN3O5S. The molecule has 3 aromatic rings. The highest BCUT2D eigenvalue weighted by atomic mass is 32.2. The lowest BCUT2D eigenvalue weighted by atomic mass is 9.99. The molecule has 2 heterocycles. The Balaban J connectivity index is 1.40. The number of nitrogens with one attached hydrogen (secondary N) is 1. The van der Waals surface area contributed by atoms with Gasteiger partial charge < -0.3 is 14.6 Å². The number of carbonyl (C=O) groups excluding carboxylic acids is 1. The second-order valence-corrected chi connectivity index (χ2v) is 9.80. The van der Waals surface area contributed by atoms with Crippen molar-refractivity contribution in [3.05, 3.63) is 65.8 Å². The van der Waals surface area contributed by atoms with Gasteiger partial charge in [-0.2, -0.15) is 4.31 Å². The number of nitrogens with zero attached hydrogens (tertiary/aromatic N) is 2. The standard InChI is InChI=1S/C23H24FN3O5S/c1-15-22(16(2)32-26-15)33(29,30)27-12-4-5-17(14-27)23(28)25-19-8-10-20(11-9-19)31-21-7-3-6-18(24)13-21/h3,6-11,13,17H,4-5,12,14H2,1-2H3,(H,25,28). The number of rotatable bonds is 6. The summed E-state index contributed by atoms with van der Waals surface area (Å²) in [4.78, 5) is 12.9. The number of ether oxygens (including phenoxy) is 1. The van der Waals surface area contributed by atoms with Gasteiger partial charge in [0.25, 0.3) is 0 Å². The third-order valence-corrected chi connectivity index (χ3v) is 7.58. The summed E-state index contributed by atoms with van der Waals surface area (Å²) < 4.78 is 51.4. The van der Waals surface area contributed by atoms with Gasteiger partial charge in [0.15, 0.2) is 5.76 Å². The van der Waals surface area contributed by atoms with E-state index in [9.17, 15) is 17.6 Å². The van der Waals surface area contributed by atoms with Gasteiger partial charge in [-0.1, -0.05) is 11.2 Å². The van der Waals surface area contributed by atoms with E-state index in [2.05, 4.69) is 10.5 Å². The molecule has 0 saturated carbocycles. The minimum atomic E-state index is -3.80. The molecule has 0 radical (unpaired) electrons. The summed E-state index contributed by atoms with van der Waals surface area (Å²) >= 11 is 0. The largest absolute Gasteiger partial charge is 0.457 e. The maximum atomic E-state index is 13.3. The normalized spacial score (nSPS) is 17.0. The lowest BCUT2D eigenvalue weighted by Crippen LogP contribution is -2.43. The molecule has 1 amide bonds. The molecule has 0 bridgehead atoms. The first-order chi connectivity index (χ1) is 15.7. The average Bonchev–Trinajstić information content (AvgIpc) is 3.14. The van der Waals surface area contributed by atoms with Gasteiger partial charge in [0.05, 0.1) is 5.92 Å². The lowest BCUT2D eigenvalue weighted by Gasteiger charge is -2.31. The molecule has 33 heavy (non-hydrogen) atoms. The van der Waals surface area contributed by atoms with E-state index in [1.165, 1.54) is 16.4 Å². The van der Waals surface area contributed by atoms with Crippen LogP contribution in [0.25, 0.3) is 0 Å². The van der Waals surface area contributed by atoms with Crippen molar-refractivity contribution < 1.29 is 26.9 Å². The fourth-order valence-corrected chi connectivity index (χ4v) is 5.68. The highest BCUT2D eigenvalue weighted by Gasteiger charge is 2.36. The molecule has 10 heteroatoms. The first-order valence-electron chi connectivity index (χ1n) is 10.5. The number of piperidine rings is 1. The van der Waals surface area contributed by atoms with Crippen LogP contribution in [0.4, 0.5) is 10.1 Å². The van der Waals surface area contributed by atoms with Gasteiger partial charge in [0.2, 0.25) is 15.9 Å². The number of anilines is 1. The monoisotopic (exact) mass is 473 g/mol. The fourth-order valence-electron chi connectivity index (χ4n) is 3.86. The number of halogens is 1. The second-order valence-electron chi connectivity index (χ2n) is 7.93. The van der Waals surface area contributed by atoms with Crippen molar-refractivity contribution >= 4 is 21.6 Å². The highest BCUT2D eigenvalue weighted by Crippen LogP contribution is 2.29. The number of sulfonamides is 1. The first kappa shape index (κ1) is 22.9. The molecule has 1 fully saturated rings. The van der Waals surface area contributed by atoms with Crippen molar-refractivity contribution in [2.75, 3.05) is 18.4 Å². The number of amides is 1. The van der Waals surface area contributed by atoms with Crippen LogP contribution in [0.3, 0.4) is 0 Å². The van der Waals surface area contributed by atoms with Gasteiger partial charge in [-0.3, -0.25) is 4.79 Å². The number of benzene rings is 2. The Kier molecular flexibility index (Phi) is 6.48. The summed E-state index contributed by atoms with van der Waals surface area (Å²) in [6.45, 7) is 3.56. The van der Waals surface area contributed by atoms with Crippen LogP contribution in [-0.4, -0.2) is 36.9 Å². The molecule has 2 aromatic carbocycles. The van der Waals surface area contributed by atoms with E-state index in [0.29, 0.717) is 42.3 Å². The molecule has 4 rings (SSSR count). The molecule has 174 valence electrons. The molecule has 1 saturated heterocycles. The third kappa shape index (κ3) is 5.07. The third-order valence-electron chi connectivity index (χ3n) is 5.47. The molecule has 1 atom stereocenters. The van der Waals surface area contributed by atoms with Crippen LogP contribution < -0.4 is 10.1 Å². The summed E-state index contributed by atoms with van der Waals surface area (Å²) in [5.41, 5.74) is 0.858. The van der Waals surface area contributed by atoms with Gasteiger partial charge in [0.1, 0.15) is 27.9 Å². The summed E-state index contributed by atoms with van der Waals surface area (Å²) in [7, 11) is -3.80. The Morgan fingerprint density at radius 3 is 2.61 bits per heavy atom. The number of aryl methyl sites for hydroxylation is 2. The minimum absolute atomic E-state index is 0.0671. The molecular weight excluding hydrogens is 449 g/mol. The van der Waals surface area contributed by atoms with Crippen molar-refractivity contribution in [2.45, 2.75) is 31.6 Å². The van der Waals surface area contributed by atoms with Crippen LogP contribution in [0.1, 0.15) is 24.3 Å². The maximum absolute atomic E-state index is 13.3. The zero-order chi connectivity index (χ0) is 23.6. The summed E-state index contributed by atoms with van der Waals surface area (Å²) in [6, 6.07) is 12.5. The average molecular weight is 474 g/mol. The Morgan fingerprint density at radius 2 is 1.94 bits per heavy atom. The molecule has 1 N–H and O–H groups in total. The Hall–Kier alpha value is -3.24. The van der Waals surface area contributed by atoms with E-state index >= 15 is 0 Å². The number of hydrogen-bond donors (Lipinski definition) is 1. The molecule has 8 nitrogen and oxygen atoms in total. The Bertz CT molecular complexity index is 1240. The van der Waals surface area contributed by atoms with Gasteiger partial charge in [-0.15, -0.1) is 0 Å². The smallest absolute Gasteiger partial charge is 0.248 e. The van der Waals surface area contributed by atoms with Crippen molar-refractivity contribution in [3.8, 4) is 11.5 Å². The van der Waals surface area contributed by atoms with E-state index < -0.39 is 21.8 Å². The van der Waals surface area contributed by atoms with Crippen LogP contribution >= 0.6 is 0 Å². The van der Waals surface area contributed by atoms with E-state index in [1.54, 1.807) is 50.2 Å². The van der Waals surface area contributed by atoms with Crippen molar-refractivity contribution in [3.63, 3.8) is 0 Å². The first-order valence-corrected chi connectivity index (χ1v) is 12.0. The van der Waals surface area contributed by atoms with Gasteiger partial charge in [0, 0.05) is 24.8 Å². The molecule has 1 aliphatic rings. The SMILES string of the molecule is Cc1noc(C)c1S(=O)(=O)N1CCCC(C(=O)Nc2ccc(Oc3cccc(F)c3)cc2)C1. The minimum Gasteiger partial charge on any atom is -0.457 e. The Morgan fingerprint density at radius 1 is 1.18 bits per heavy atom. The van der Waals surface area contributed by atoms with Crippen LogP contribution in [-0.2, 0) is 14.8 Å². The van der Waals surface area contributed by atoms with Crippen LogP contribution in [0.2, 0.25) is 0 Å². The zero-order valence-corrected chi connectivity index (χ0v) is 19.1. The summed E-state index contributed by atoms with van der Waals surface area (Å²) in [5.74, 6) is -0.0415. The predicted octanol–water partition coefficient (Wildman–Crippen LogP) is 4.26. The molecule has 0 spiro atoms. The lowest BCUT2D eigenvalue weighted by molar-refractivity contribution is -0.120. The van der Waals surface area contributed by atoms with Crippen molar-refractivity contribution in [2.24, 2.45) is 5.92 Å². The zero-order valence-electron chi connectivity index (χ0n) is 18.2. The quantitative estimate of drug-likeness (QED) is 0.574. The van der Waals surface area contributed by atoms with Gasteiger partial charge in [-0.05, 0) is 63.1 Å². The molecule has 1 unspecified atom stereocenters. The molecule has 1 aliphatic heterocycles. The highest BCUT2D eigenvalue weighted by molar-refractivity contribution is 7.89. The molecule has 0 aliphatic carbocycles. The van der Waals surface area contributed by atoms with E-state index in [0.717, 1.165) is 0 Å². The maximum Gasteiger partial charge on any atom is 0.248 e. The van der Waals surface area contributed by atoms with E-state index in [1.807, 2.05) is 0 Å². The summed E-state index contributed by atoms with van der Waals surface area (Å²) in [6.07, 6.45) is 1.15. The van der Waals surface area contributed by atoms with Gasteiger partial charge in [-0.25, -0.2) is 12.8 Å². The van der Waals surface area contributed by atoms with E-state index in [-0.39, 0.29) is 23.1 Å². The van der Waals surface area contributed by atoms with Crippen LogP contribution in [0.5, 0.6) is 11.5 Å². The second kappa shape index (κ2) is 9.32. The van der Waals surface area contributed by atoms with Gasteiger partial charge >= 0.3 is 0 Å². The van der Waals surface area contributed by atoms with E-state index in [4.69, 9.17) is 9.26 Å². The fraction of sp³-hybridized carbons (Fsp3) is 0.304. The van der Waals surface area contributed by atoms with Crippen molar-refractivity contribution in [1.82, 2.24) is 9.46 Å². The van der Waals surface area contributed by atoms with Crippen LogP contribution in [0, 0.1) is 25.6 Å². The summed E-state index contributed by atoms with van der Waals surface area (Å²) in [5, 5.41) is 6.57. The molecule has 1 aromatic heterocycles. The number of hydrogen-bond acceptors (Lipinski definition) is 6. The number of carbonyl (C=O) groups is 1. The van der Waals surface area contributed by atoms with Crippen LogP contribution in [0.15, 0.2) is 57.9 Å². The predicted molar refractivity (Wildman–Crippen MR) is 119 cm³/mol.